The molecule has 6 rings (SSSR count). The van der Waals surface area contributed by atoms with Crippen LogP contribution in [-0.2, 0) is 0 Å². The van der Waals surface area contributed by atoms with Gasteiger partial charge in [0.25, 0.3) is 11.8 Å². The molecule has 0 saturated carbocycles. The fourth-order valence-corrected chi connectivity index (χ4v) is 4.00. The van der Waals surface area contributed by atoms with Crippen LogP contribution in [0.25, 0.3) is 51.6 Å². The van der Waals surface area contributed by atoms with E-state index in [1.54, 1.807) is 4.68 Å². The van der Waals surface area contributed by atoms with Gasteiger partial charge >= 0.3 is 0 Å². The van der Waals surface area contributed by atoms with Crippen LogP contribution in [0.4, 0.5) is 0 Å². The lowest BCUT2D eigenvalue weighted by atomic mass is 10.2. The van der Waals surface area contributed by atoms with Gasteiger partial charge in [-0.05, 0) is 60.7 Å². The van der Waals surface area contributed by atoms with Crippen molar-refractivity contribution >= 4 is 31.9 Å². The van der Waals surface area contributed by atoms with Crippen LogP contribution in [0.15, 0.2) is 103 Å². The molecule has 35 heavy (non-hydrogen) atoms. The Bertz CT molecular complexity index is 1510. The molecule has 10 heteroatoms. The van der Waals surface area contributed by atoms with E-state index >= 15 is 0 Å². The highest BCUT2D eigenvalue weighted by atomic mass is 79.9. The number of rotatable bonds is 5. The summed E-state index contributed by atoms with van der Waals surface area (Å²) in [6.07, 6.45) is 1.81. The molecule has 3 aromatic heterocycles. The zero-order valence-electron chi connectivity index (χ0n) is 17.8. The molecule has 6 aromatic rings. The lowest BCUT2D eigenvalue weighted by molar-refractivity contribution is 0.576. The molecule has 0 atom stereocenters. The molecule has 0 unspecified atom stereocenters. The largest absolute Gasteiger partial charge is 0.416 e. The van der Waals surface area contributed by atoms with Gasteiger partial charge < -0.3 is 8.83 Å². The summed E-state index contributed by atoms with van der Waals surface area (Å²) in [5.41, 5.74) is 3.48. The molecular formula is C25H14Br2N6O2. The average Bonchev–Trinajstić information content (AvgIpc) is 3.64. The highest BCUT2D eigenvalue weighted by Gasteiger charge is 2.24. The van der Waals surface area contributed by atoms with Crippen molar-refractivity contribution in [3.8, 4) is 51.6 Å². The zero-order chi connectivity index (χ0) is 23.8. The molecule has 0 fully saturated rings. The zero-order valence-corrected chi connectivity index (χ0v) is 21.0. The number of benzene rings is 3. The summed E-state index contributed by atoms with van der Waals surface area (Å²) in [5, 5.41) is 21.7. The van der Waals surface area contributed by atoms with Crippen LogP contribution in [0, 0.1) is 0 Å². The average molecular weight is 590 g/mol. The molecule has 0 aliphatic rings. The molecule has 0 saturated heterocycles. The summed E-state index contributed by atoms with van der Waals surface area (Å²) in [7, 11) is 0. The third kappa shape index (κ3) is 4.33. The summed E-state index contributed by atoms with van der Waals surface area (Å²) in [4.78, 5) is 0. The second-order valence-corrected chi connectivity index (χ2v) is 9.34. The maximum absolute atomic E-state index is 6.03. The maximum Gasteiger partial charge on any atom is 0.269 e. The highest BCUT2D eigenvalue weighted by Crippen LogP contribution is 2.34. The van der Waals surface area contributed by atoms with Crippen molar-refractivity contribution in [2.24, 2.45) is 0 Å². The summed E-state index contributed by atoms with van der Waals surface area (Å²) in [5.74, 6) is 1.32. The van der Waals surface area contributed by atoms with Gasteiger partial charge in [-0.25, -0.2) is 4.68 Å². The quantitative estimate of drug-likeness (QED) is 0.217. The van der Waals surface area contributed by atoms with E-state index < -0.39 is 0 Å². The Hall–Kier alpha value is -3.89. The second kappa shape index (κ2) is 9.05. The van der Waals surface area contributed by atoms with Crippen molar-refractivity contribution in [2.45, 2.75) is 0 Å². The number of hydrogen-bond donors (Lipinski definition) is 0. The molecule has 3 heterocycles. The van der Waals surface area contributed by atoms with Crippen LogP contribution >= 0.6 is 31.9 Å². The SMILES string of the molecule is Brc1ccc(-c2nnc(-c3cn(-c4ccccc4)nc3-c3nnc(-c4ccc(Br)cc4)o3)o2)cc1. The van der Waals surface area contributed by atoms with E-state index in [1.807, 2.05) is 85.1 Å². The van der Waals surface area contributed by atoms with Crippen molar-refractivity contribution in [2.75, 3.05) is 0 Å². The molecule has 0 aliphatic heterocycles. The van der Waals surface area contributed by atoms with Crippen LogP contribution < -0.4 is 0 Å². The number of aromatic nitrogens is 6. The monoisotopic (exact) mass is 588 g/mol. The Kier molecular flexibility index (Phi) is 5.59. The van der Waals surface area contributed by atoms with Gasteiger partial charge in [0, 0.05) is 26.3 Å². The number of hydrogen-bond acceptors (Lipinski definition) is 7. The highest BCUT2D eigenvalue weighted by molar-refractivity contribution is 9.10. The van der Waals surface area contributed by atoms with Crippen LogP contribution in [-0.4, -0.2) is 30.2 Å². The maximum atomic E-state index is 6.03. The fourth-order valence-electron chi connectivity index (χ4n) is 3.47. The van der Waals surface area contributed by atoms with Gasteiger partial charge in [-0.1, -0.05) is 50.1 Å². The number of para-hydroxylation sites is 1. The van der Waals surface area contributed by atoms with E-state index in [1.165, 1.54) is 0 Å². The smallest absolute Gasteiger partial charge is 0.269 e. The summed E-state index contributed by atoms with van der Waals surface area (Å²) < 4.78 is 15.7. The summed E-state index contributed by atoms with van der Waals surface area (Å²) in [6.45, 7) is 0. The van der Waals surface area contributed by atoms with Gasteiger partial charge in [0.1, 0.15) is 0 Å². The standard InChI is InChI=1S/C25H14Br2N6O2/c26-17-10-6-15(7-11-17)22-28-30-24(34-22)20-14-33(19-4-2-1-3-5-19)32-21(20)25-31-29-23(35-25)16-8-12-18(27)13-9-16/h1-14H. The molecule has 0 amide bonds. The molecule has 0 N–H and O–H groups in total. The van der Waals surface area contributed by atoms with E-state index in [4.69, 9.17) is 13.9 Å². The minimum absolute atomic E-state index is 0.246. The van der Waals surface area contributed by atoms with Crippen molar-refractivity contribution in [3.05, 3.63) is 94.0 Å². The Labute approximate surface area is 215 Å². The Morgan fingerprint density at radius 3 is 1.69 bits per heavy atom. The van der Waals surface area contributed by atoms with Gasteiger partial charge in [-0.2, -0.15) is 5.10 Å². The molecule has 0 spiro atoms. The first kappa shape index (κ1) is 21.6. The number of halogens is 2. The topological polar surface area (TPSA) is 95.7 Å². The first-order valence-corrected chi connectivity index (χ1v) is 12.1. The second-order valence-electron chi connectivity index (χ2n) is 7.51. The van der Waals surface area contributed by atoms with Crippen LogP contribution in [0.3, 0.4) is 0 Å². The molecule has 8 nitrogen and oxygen atoms in total. The van der Waals surface area contributed by atoms with Crippen molar-refractivity contribution < 1.29 is 8.83 Å². The summed E-state index contributed by atoms with van der Waals surface area (Å²) >= 11 is 6.88. The van der Waals surface area contributed by atoms with Gasteiger partial charge in [0.15, 0.2) is 5.69 Å². The number of nitrogens with zero attached hydrogens (tertiary/aromatic N) is 6. The fraction of sp³-hybridized carbons (Fsp3) is 0. The van der Waals surface area contributed by atoms with Gasteiger partial charge in [-0.3, -0.25) is 0 Å². The van der Waals surface area contributed by atoms with Gasteiger partial charge in [0.2, 0.25) is 11.8 Å². The molecule has 0 aliphatic carbocycles. The molecular weight excluding hydrogens is 576 g/mol. The first-order valence-electron chi connectivity index (χ1n) is 10.5. The van der Waals surface area contributed by atoms with Crippen molar-refractivity contribution in [1.29, 1.82) is 0 Å². The van der Waals surface area contributed by atoms with E-state index in [0.717, 1.165) is 25.8 Å². The lowest BCUT2D eigenvalue weighted by Gasteiger charge is -1.98. The predicted octanol–water partition coefficient (Wildman–Crippen LogP) is 6.83. The molecule has 0 bridgehead atoms. The minimum Gasteiger partial charge on any atom is -0.416 e. The Morgan fingerprint density at radius 1 is 0.571 bits per heavy atom. The normalized spacial score (nSPS) is 11.1. The van der Waals surface area contributed by atoms with E-state index in [-0.39, 0.29) is 5.89 Å². The molecule has 170 valence electrons. The van der Waals surface area contributed by atoms with Crippen LogP contribution in [0.5, 0.6) is 0 Å². The predicted molar refractivity (Wildman–Crippen MR) is 136 cm³/mol. The van der Waals surface area contributed by atoms with Crippen LogP contribution in [0.1, 0.15) is 0 Å². The molecule has 0 radical (unpaired) electrons. The van der Waals surface area contributed by atoms with Crippen LogP contribution in [0.2, 0.25) is 0 Å². The van der Waals surface area contributed by atoms with Crippen molar-refractivity contribution in [3.63, 3.8) is 0 Å². The third-order valence-corrected chi connectivity index (χ3v) is 6.26. The van der Waals surface area contributed by atoms with Gasteiger partial charge in [-0.15, -0.1) is 20.4 Å². The van der Waals surface area contributed by atoms with Gasteiger partial charge in [0.05, 0.1) is 11.3 Å². The molecule has 3 aromatic carbocycles. The third-order valence-electron chi connectivity index (χ3n) is 5.20. The van der Waals surface area contributed by atoms with E-state index in [0.29, 0.717) is 28.9 Å². The minimum atomic E-state index is 0.246. The van der Waals surface area contributed by atoms with E-state index in [2.05, 4.69) is 52.3 Å². The Morgan fingerprint density at radius 2 is 1.09 bits per heavy atom. The van der Waals surface area contributed by atoms with Crippen molar-refractivity contribution in [1.82, 2.24) is 30.2 Å². The Balaban J connectivity index is 1.44. The van der Waals surface area contributed by atoms with E-state index in [9.17, 15) is 0 Å². The lowest BCUT2D eigenvalue weighted by Crippen LogP contribution is -1.94. The first-order chi connectivity index (χ1) is 17.1. The summed E-state index contributed by atoms with van der Waals surface area (Å²) in [6, 6.07) is 25.0.